The Morgan fingerprint density at radius 2 is 1.95 bits per heavy atom. The lowest BCUT2D eigenvalue weighted by atomic mass is 10.2. The SMILES string of the molecule is Cc1cnc(Cl)c(NC(=O)c2ccc(Cl)cc2Cl)c1. The minimum Gasteiger partial charge on any atom is -0.319 e. The van der Waals surface area contributed by atoms with Crippen molar-refractivity contribution in [1.82, 2.24) is 4.98 Å². The molecule has 98 valence electrons. The maximum absolute atomic E-state index is 12.1. The van der Waals surface area contributed by atoms with Gasteiger partial charge in [-0.3, -0.25) is 4.79 Å². The summed E-state index contributed by atoms with van der Waals surface area (Å²) in [6.45, 7) is 1.86. The summed E-state index contributed by atoms with van der Waals surface area (Å²) in [6, 6.07) is 6.39. The van der Waals surface area contributed by atoms with Gasteiger partial charge in [-0.05, 0) is 36.8 Å². The number of pyridine rings is 1. The molecule has 1 amide bonds. The molecule has 0 aliphatic heterocycles. The van der Waals surface area contributed by atoms with Crippen molar-refractivity contribution >= 4 is 46.4 Å². The van der Waals surface area contributed by atoms with Gasteiger partial charge in [-0.1, -0.05) is 34.8 Å². The number of hydrogen-bond acceptors (Lipinski definition) is 2. The van der Waals surface area contributed by atoms with Crippen molar-refractivity contribution < 1.29 is 4.79 Å². The Morgan fingerprint density at radius 1 is 1.21 bits per heavy atom. The van der Waals surface area contributed by atoms with Crippen LogP contribution in [0.3, 0.4) is 0 Å². The van der Waals surface area contributed by atoms with Gasteiger partial charge in [0.05, 0.1) is 16.3 Å². The van der Waals surface area contributed by atoms with Crippen LogP contribution in [0.5, 0.6) is 0 Å². The lowest BCUT2D eigenvalue weighted by Gasteiger charge is -2.08. The minimum atomic E-state index is -0.365. The first kappa shape index (κ1) is 14.1. The molecule has 1 aromatic heterocycles. The number of anilines is 1. The van der Waals surface area contributed by atoms with Crippen LogP contribution in [-0.4, -0.2) is 10.9 Å². The van der Waals surface area contributed by atoms with Gasteiger partial charge in [-0.15, -0.1) is 0 Å². The third-order valence-electron chi connectivity index (χ3n) is 2.40. The second kappa shape index (κ2) is 5.78. The molecule has 1 heterocycles. The highest BCUT2D eigenvalue weighted by molar-refractivity contribution is 6.37. The molecular weight excluding hydrogens is 307 g/mol. The second-order valence-electron chi connectivity index (χ2n) is 3.93. The molecule has 1 N–H and O–H groups in total. The maximum Gasteiger partial charge on any atom is 0.257 e. The van der Waals surface area contributed by atoms with Crippen molar-refractivity contribution in [3.8, 4) is 0 Å². The Hall–Kier alpha value is -1.29. The number of aryl methyl sites for hydroxylation is 1. The predicted octanol–water partition coefficient (Wildman–Crippen LogP) is 4.60. The van der Waals surface area contributed by atoms with E-state index in [-0.39, 0.29) is 16.1 Å². The van der Waals surface area contributed by atoms with E-state index in [1.807, 2.05) is 6.92 Å². The van der Waals surface area contributed by atoms with Gasteiger partial charge in [0.15, 0.2) is 5.15 Å². The van der Waals surface area contributed by atoms with E-state index < -0.39 is 0 Å². The number of rotatable bonds is 2. The molecule has 0 radical (unpaired) electrons. The van der Waals surface area contributed by atoms with Crippen LogP contribution in [0.4, 0.5) is 5.69 Å². The fraction of sp³-hybridized carbons (Fsp3) is 0.0769. The summed E-state index contributed by atoms with van der Waals surface area (Å²) in [5.74, 6) is -0.365. The topological polar surface area (TPSA) is 42.0 Å². The zero-order chi connectivity index (χ0) is 14.0. The van der Waals surface area contributed by atoms with E-state index in [1.165, 1.54) is 6.07 Å². The molecule has 2 aromatic rings. The van der Waals surface area contributed by atoms with Gasteiger partial charge in [0.2, 0.25) is 0 Å². The first-order valence-corrected chi connectivity index (χ1v) is 6.49. The Labute approximate surface area is 125 Å². The van der Waals surface area contributed by atoms with Gasteiger partial charge in [0.25, 0.3) is 5.91 Å². The number of aromatic nitrogens is 1. The maximum atomic E-state index is 12.1. The Morgan fingerprint density at radius 3 is 2.63 bits per heavy atom. The fourth-order valence-electron chi connectivity index (χ4n) is 1.50. The standard InChI is InChI=1S/C13H9Cl3N2O/c1-7-4-11(12(16)17-6-7)18-13(19)9-3-2-8(14)5-10(9)15/h2-6H,1H3,(H,18,19). The van der Waals surface area contributed by atoms with Gasteiger partial charge < -0.3 is 5.32 Å². The summed E-state index contributed by atoms with van der Waals surface area (Å²) in [4.78, 5) is 16.0. The average molecular weight is 316 g/mol. The van der Waals surface area contributed by atoms with E-state index in [0.717, 1.165) is 5.56 Å². The first-order chi connectivity index (χ1) is 8.97. The molecule has 2 rings (SSSR count). The minimum absolute atomic E-state index is 0.226. The number of hydrogen-bond donors (Lipinski definition) is 1. The molecule has 6 heteroatoms. The molecule has 3 nitrogen and oxygen atoms in total. The molecule has 1 aromatic carbocycles. The molecule has 0 fully saturated rings. The Balaban J connectivity index is 2.28. The zero-order valence-electron chi connectivity index (χ0n) is 9.88. The summed E-state index contributed by atoms with van der Waals surface area (Å²) in [5, 5.41) is 3.64. The average Bonchev–Trinajstić information content (AvgIpc) is 2.33. The molecule has 0 unspecified atom stereocenters. The van der Waals surface area contributed by atoms with E-state index in [9.17, 15) is 4.79 Å². The van der Waals surface area contributed by atoms with Gasteiger partial charge in [0, 0.05) is 11.2 Å². The molecule has 0 atom stereocenters. The van der Waals surface area contributed by atoms with Crippen LogP contribution < -0.4 is 5.32 Å². The predicted molar refractivity (Wildman–Crippen MR) is 78.4 cm³/mol. The van der Waals surface area contributed by atoms with Crippen LogP contribution in [-0.2, 0) is 0 Å². The molecule has 19 heavy (non-hydrogen) atoms. The van der Waals surface area contributed by atoms with Crippen LogP contribution in [0.2, 0.25) is 15.2 Å². The van der Waals surface area contributed by atoms with Crippen molar-refractivity contribution in [3.63, 3.8) is 0 Å². The van der Waals surface area contributed by atoms with Gasteiger partial charge >= 0.3 is 0 Å². The number of nitrogens with one attached hydrogen (secondary N) is 1. The third kappa shape index (κ3) is 3.38. The van der Waals surface area contributed by atoms with Crippen molar-refractivity contribution in [1.29, 1.82) is 0 Å². The normalized spacial score (nSPS) is 10.3. The fourth-order valence-corrected chi connectivity index (χ4v) is 2.15. The van der Waals surface area contributed by atoms with Crippen LogP contribution >= 0.6 is 34.8 Å². The molecule has 0 aliphatic rings. The van der Waals surface area contributed by atoms with Crippen LogP contribution in [0.15, 0.2) is 30.5 Å². The van der Waals surface area contributed by atoms with Gasteiger partial charge in [-0.25, -0.2) is 4.98 Å². The van der Waals surface area contributed by atoms with E-state index in [2.05, 4.69) is 10.3 Å². The summed E-state index contributed by atoms with van der Waals surface area (Å²) in [6.07, 6.45) is 1.62. The number of carbonyl (C=O) groups is 1. The van der Waals surface area contributed by atoms with E-state index in [4.69, 9.17) is 34.8 Å². The second-order valence-corrected chi connectivity index (χ2v) is 5.13. The summed E-state index contributed by atoms with van der Waals surface area (Å²) in [7, 11) is 0. The van der Waals surface area contributed by atoms with Crippen molar-refractivity contribution in [3.05, 3.63) is 56.8 Å². The first-order valence-electron chi connectivity index (χ1n) is 5.36. The molecule has 0 bridgehead atoms. The summed E-state index contributed by atoms with van der Waals surface area (Å²) < 4.78 is 0. The highest BCUT2D eigenvalue weighted by Gasteiger charge is 2.13. The molecular formula is C13H9Cl3N2O. The molecule has 0 aliphatic carbocycles. The number of benzene rings is 1. The monoisotopic (exact) mass is 314 g/mol. The van der Waals surface area contributed by atoms with Crippen molar-refractivity contribution in [2.75, 3.05) is 5.32 Å². The van der Waals surface area contributed by atoms with Crippen LogP contribution in [0.25, 0.3) is 0 Å². The summed E-state index contributed by atoms with van der Waals surface area (Å²) in [5.41, 5.74) is 1.66. The van der Waals surface area contributed by atoms with Crippen LogP contribution in [0, 0.1) is 6.92 Å². The molecule has 0 saturated heterocycles. The highest BCUT2D eigenvalue weighted by atomic mass is 35.5. The van der Waals surface area contributed by atoms with E-state index in [0.29, 0.717) is 16.3 Å². The Kier molecular flexibility index (Phi) is 4.30. The zero-order valence-corrected chi connectivity index (χ0v) is 12.1. The number of halogens is 3. The van der Waals surface area contributed by atoms with E-state index >= 15 is 0 Å². The summed E-state index contributed by atoms with van der Waals surface area (Å²) >= 11 is 17.7. The van der Waals surface area contributed by atoms with Crippen LogP contribution in [0.1, 0.15) is 15.9 Å². The number of amides is 1. The van der Waals surface area contributed by atoms with Crippen molar-refractivity contribution in [2.45, 2.75) is 6.92 Å². The quantitative estimate of drug-likeness (QED) is 0.823. The number of carbonyl (C=O) groups excluding carboxylic acids is 1. The smallest absolute Gasteiger partial charge is 0.257 e. The largest absolute Gasteiger partial charge is 0.319 e. The Bertz CT molecular complexity index is 644. The highest BCUT2D eigenvalue weighted by Crippen LogP contribution is 2.24. The lowest BCUT2D eigenvalue weighted by molar-refractivity contribution is 0.102. The molecule has 0 spiro atoms. The third-order valence-corrected chi connectivity index (χ3v) is 3.25. The van der Waals surface area contributed by atoms with E-state index in [1.54, 1.807) is 24.4 Å². The molecule has 0 saturated carbocycles. The van der Waals surface area contributed by atoms with Crippen molar-refractivity contribution in [2.24, 2.45) is 0 Å². The number of nitrogens with zero attached hydrogens (tertiary/aromatic N) is 1. The van der Waals surface area contributed by atoms with Gasteiger partial charge in [-0.2, -0.15) is 0 Å². The lowest BCUT2D eigenvalue weighted by Crippen LogP contribution is -2.13. The van der Waals surface area contributed by atoms with Gasteiger partial charge in [0.1, 0.15) is 0 Å².